The average molecular weight is 282 g/mol. The second kappa shape index (κ2) is 5.85. The molecule has 0 spiro atoms. The molecule has 0 unspecified atom stereocenters. The molecule has 21 heavy (non-hydrogen) atoms. The number of aromatic amines is 1. The second-order valence-corrected chi connectivity index (χ2v) is 4.73. The Morgan fingerprint density at radius 3 is 2.67 bits per heavy atom. The fourth-order valence-corrected chi connectivity index (χ4v) is 2.29. The summed E-state index contributed by atoms with van der Waals surface area (Å²) in [4.78, 5) is 4.00. The first kappa shape index (κ1) is 13.5. The smallest absolute Gasteiger partial charge is 0.123 e. The van der Waals surface area contributed by atoms with Crippen LogP contribution in [0.25, 0.3) is 22.4 Å². The van der Waals surface area contributed by atoms with Crippen LogP contribution in [0.3, 0.4) is 0 Å². The van der Waals surface area contributed by atoms with Gasteiger partial charge in [0.2, 0.25) is 0 Å². The van der Waals surface area contributed by atoms with E-state index in [1.165, 1.54) is 12.1 Å². The van der Waals surface area contributed by atoms with Crippen molar-refractivity contribution >= 4 is 0 Å². The third kappa shape index (κ3) is 2.83. The summed E-state index contributed by atoms with van der Waals surface area (Å²) in [5.74, 6) is -0.267. The Hall–Kier alpha value is -2.53. The summed E-state index contributed by atoms with van der Waals surface area (Å²) in [6.07, 6.45) is 3.39. The molecule has 5 heteroatoms. The lowest BCUT2D eigenvalue weighted by Gasteiger charge is -2.07. The molecule has 0 radical (unpaired) electrons. The lowest BCUT2D eigenvalue weighted by atomic mass is 9.98. The van der Waals surface area contributed by atoms with E-state index in [0.29, 0.717) is 6.54 Å². The van der Waals surface area contributed by atoms with E-state index in [1.54, 1.807) is 18.5 Å². The van der Waals surface area contributed by atoms with Gasteiger partial charge in [-0.05, 0) is 54.6 Å². The van der Waals surface area contributed by atoms with E-state index in [9.17, 15) is 4.39 Å². The number of aromatic nitrogens is 3. The standard InChI is InChI=1S/C16H15FN4/c1-18-10-13-9-16(21-20-13)14-3-2-12(17)8-15(14)11-4-6-19-7-5-11/h2-9,18H,10H2,1H3,(H,20,21). The van der Waals surface area contributed by atoms with Crippen molar-refractivity contribution < 1.29 is 4.39 Å². The molecular weight excluding hydrogens is 267 g/mol. The number of halogens is 1. The molecule has 2 heterocycles. The van der Waals surface area contributed by atoms with Crippen molar-refractivity contribution in [3.8, 4) is 22.4 Å². The van der Waals surface area contributed by atoms with Crippen LogP contribution in [-0.2, 0) is 6.54 Å². The zero-order chi connectivity index (χ0) is 14.7. The van der Waals surface area contributed by atoms with Crippen molar-refractivity contribution in [3.05, 3.63) is 60.3 Å². The van der Waals surface area contributed by atoms with Gasteiger partial charge in [-0.15, -0.1) is 0 Å². The van der Waals surface area contributed by atoms with E-state index in [-0.39, 0.29) is 5.82 Å². The molecule has 0 saturated carbocycles. The lowest BCUT2D eigenvalue weighted by molar-refractivity contribution is 0.628. The van der Waals surface area contributed by atoms with Gasteiger partial charge in [0.25, 0.3) is 0 Å². The molecule has 106 valence electrons. The van der Waals surface area contributed by atoms with E-state index in [0.717, 1.165) is 28.1 Å². The van der Waals surface area contributed by atoms with Gasteiger partial charge in [-0.1, -0.05) is 0 Å². The van der Waals surface area contributed by atoms with Crippen molar-refractivity contribution in [2.24, 2.45) is 0 Å². The summed E-state index contributed by atoms with van der Waals surface area (Å²) < 4.78 is 13.6. The monoisotopic (exact) mass is 282 g/mol. The number of nitrogens with one attached hydrogen (secondary N) is 2. The van der Waals surface area contributed by atoms with Gasteiger partial charge in [-0.2, -0.15) is 5.10 Å². The van der Waals surface area contributed by atoms with Crippen LogP contribution in [0.15, 0.2) is 48.8 Å². The van der Waals surface area contributed by atoms with E-state index in [1.807, 2.05) is 25.2 Å². The van der Waals surface area contributed by atoms with Crippen LogP contribution in [0, 0.1) is 5.82 Å². The number of benzene rings is 1. The fraction of sp³-hybridized carbons (Fsp3) is 0.125. The quantitative estimate of drug-likeness (QED) is 0.773. The Labute approximate surface area is 122 Å². The zero-order valence-corrected chi connectivity index (χ0v) is 11.6. The summed E-state index contributed by atoms with van der Waals surface area (Å²) in [6.45, 7) is 0.707. The van der Waals surface area contributed by atoms with Crippen molar-refractivity contribution in [1.82, 2.24) is 20.5 Å². The van der Waals surface area contributed by atoms with Gasteiger partial charge in [0.1, 0.15) is 5.82 Å². The molecule has 4 nitrogen and oxygen atoms in total. The van der Waals surface area contributed by atoms with E-state index >= 15 is 0 Å². The van der Waals surface area contributed by atoms with Gasteiger partial charge in [0.05, 0.1) is 5.69 Å². The first-order valence-corrected chi connectivity index (χ1v) is 6.67. The van der Waals surface area contributed by atoms with Gasteiger partial charge >= 0.3 is 0 Å². The van der Waals surface area contributed by atoms with Gasteiger partial charge in [-0.25, -0.2) is 4.39 Å². The lowest BCUT2D eigenvalue weighted by Crippen LogP contribution is -2.04. The number of nitrogens with zero attached hydrogens (tertiary/aromatic N) is 2. The maximum atomic E-state index is 13.6. The molecule has 2 N–H and O–H groups in total. The second-order valence-electron chi connectivity index (χ2n) is 4.73. The van der Waals surface area contributed by atoms with E-state index in [4.69, 9.17) is 0 Å². The van der Waals surface area contributed by atoms with Gasteiger partial charge in [0.15, 0.2) is 0 Å². The summed E-state index contributed by atoms with van der Waals surface area (Å²) in [5.41, 5.74) is 4.39. The highest BCUT2D eigenvalue weighted by molar-refractivity contribution is 5.81. The number of H-pyrrole nitrogens is 1. The minimum atomic E-state index is -0.267. The van der Waals surface area contributed by atoms with Crippen LogP contribution in [-0.4, -0.2) is 22.2 Å². The van der Waals surface area contributed by atoms with Crippen molar-refractivity contribution in [2.75, 3.05) is 7.05 Å². The summed E-state index contributed by atoms with van der Waals surface area (Å²) in [7, 11) is 1.88. The van der Waals surface area contributed by atoms with Gasteiger partial charge in [0, 0.05) is 30.2 Å². The van der Waals surface area contributed by atoms with Crippen LogP contribution in [0.2, 0.25) is 0 Å². The Morgan fingerprint density at radius 2 is 1.90 bits per heavy atom. The highest BCUT2D eigenvalue weighted by Gasteiger charge is 2.11. The minimum Gasteiger partial charge on any atom is -0.314 e. The molecule has 1 aromatic carbocycles. The van der Waals surface area contributed by atoms with Crippen LogP contribution in [0.4, 0.5) is 4.39 Å². The molecule has 0 saturated heterocycles. The van der Waals surface area contributed by atoms with E-state index < -0.39 is 0 Å². The first-order chi connectivity index (χ1) is 10.3. The van der Waals surface area contributed by atoms with Crippen LogP contribution >= 0.6 is 0 Å². The number of rotatable bonds is 4. The summed E-state index contributed by atoms with van der Waals surface area (Å²) in [5, 5.41) is 10.4. The predicted octanol–water partition coefficient (Wildman–Crippen LogP) is 3.00. The maximum Gasteiger partial charge on any atom is 0.123 e. The molecule has 0 aliphatic heterocycles. The average Bonchev–Trinajstić information content (AvgIpc) is 2.97. The Morgan fingerprint density at radius 1 is 1.10 bits per heavy atom. The SMILES string of the molecule is CNCc1cc(-c2ccc(F)cc2-c2ccncc2)n[nH]1. The maximum absolute atomic E-state index is 13.6. The highest BCUT2D eigenvalue weighted by atomic mass is 19.1. The Kier molecular flexibility index (Phi) is 3.75. The van der Waals surface area contributed by atoms with Gasteiger partial charge < -0.3 is 5.32 Å². The van der Waals surface area contributed by atoms with E-state index in [2.05, 4.69) is 20.5 Å². The first-order valence-electron chi connectivity index (χ1n) is 6.67. The van der Waals surface area contributed by atoms with Crippen molar-refractivity contribution in [2.45, 2.75) is 6.54 Å². The Balaban J connectivity index is 2.09. The summed E-state index contributed by atoms with van der Waals surface area (Å²) in [6, 6.07) is 10.4. The molecule has 0 amide bonds. The molecule has 0 atom stereocenters. The van der Waals surface area contributed by atoms with Crippen molar-refractivity contribution in [1.29, 1.82) is 0 Å². The topological polar surface area (TPSA) is 53.6 Å². The minimum absolute atomic E-state index is 0.267. The third-order valence-electron chi connectivity index (χ3n) is 3.25. The molecule has 0 fully saturated rings. The molecule has 0 aliphatic carbocycles. The fourth-order valence-electron chi connectivity index (χ4n) is 2.29. The van der Waals surface area contributed by atoms with Crippen LogP contribution in [0.1, 0.15) is 5.69 Å². The molecule has 0 bridgehead atoms. The normalized spacial score (nSPS) is 10.8. The number of hydrogen-bond acceptors (Lipinski definition) is 3. The number of pyridine rings is 1. The molecule has 3 rings (SSSR count). The Bertz CT molecular complexity index is 737. The predicted molar refractivity (Wildman–Crippen MR) is 80.0 cm³/mol. The largest absolute Gasteiger partial charge is 0.314 e. The van der Waals surface area contributed by atoms with Crippen molar-refractivity contribution in [3.63, 3.8) is 0 Å². The number of hydrogen-bond donors (Lipinski definition) is 2. The highest BCUT2D eigenvalue weighted by Crippen LogP contribution is 2.31. The molecule has 2 aromatic heterocycles. The third-order valence-corrected chi connectivity index (χ3v) is 3.25. The summed E-state index contributed by atoms with van der Waals surface area (Å²) >= 11 is 0. The van der Waals surface area contributed by atoms with Crippen LogP contribution < -0.4 is 5.32 Å². The molecule has 0 aliphatic rings. The van der Waals surface area contributed by atoms with Gasteiger partial charge in [-0.3, -0.25) is 10.1 Å². The zero-order valence-electron chi connectivity index (χ0n) is 11.6. The molecular formula is C16H15FN4. The van der Waals surface area contributed by atoms with Crippen LogP contribution in [0.5, 0.6) is 0 Å². The molecule has 3 aromatic rings.